The molecule has 1 aliphatic rings. The number of carbonyl (C=O) groups excluding carboxylic acids is 1. The van der Waals surface area contributed by atoms with E-state index in [9.17, 15) is 9.18 Å². The highest BCUT2D eigenvalue weighted by atomic mass is 32.2. The van der Waals surface area contributed by atoms with Crippen LogP contribution in [0.4, 0.5) is 10.1 Å². The fourth-order valence-electron chi connectivity index (χ4n) is 3.31. The molecule has 0 bridgehead atoms. The molecule has 2 heterocycles. The Kier molecular flexibility index (Phi) is 6.87. The summed E-state index contributed by atoms with van der Waals surface area (Å²) < 4.78 is 31.3. The van der Waals surface area contributed by atoms with Crippen LogP contribution in [0, 0.1) is 5.82 Å². The molecule has 0 saturated carbocycles. The van der Waals surface area contributed by atoms with Gasteiger partial charge in [0.1, 0.15) is 35.8 Å². The van der Waals surface area contributed by atoms with Gasteiger partial charge in [-0.1, -0.05) is 11.8 Å². The molecule has 0 spiro atoms. The molecule has 9 nitrogen and oxygen atoms in total. The van der Waals surface area contributed by atoms with Gasteiger partial charge < -0.3 is 25.4 Å². The molecule has 1 aliphatic heterocycles. The summed E-state index contributed by atoms with van der Waals surface area (Å²) in [6, 6.07) is 9.32. The summed E-state index contributed by atoms with van der Waals surface area (Å²) in [5.74, 6) is 7.69. The van der Waals surface area contributed by atoms with Crippen molar-refractivity contribution in [3.05, 3.63) is 53.6 Å². The number of nitrogens with one attached hydrogen (secondary N) is 1. The molecule has 3 N–H and O–H groups in total. The number of nitrogens with zero attached hydrogens (tertiary/aromatic N) is 3. The number of anilines is 1. The number of carbonyl (C=O) groups is 1. The van der Waals surface area contributed by atoms with Crippen LogP contribution in [0.25, 0.3) is 0 Å². The normalized spacial score (nSPS) is 14.5. The van der Waals surface area contributed by atoms with E-state index < -0.39 is 0 Å². The fraction of sp³-hybridized carbons (Fsp3) is 0.318. The third-order valence-electron chi connectivity index (χ3n) is 4.82. The highest BCUT2D eigenvalue weighted by molar-refractivity contribution is 7.99. The Labute approximate surface area is 194 Å². The van der Waals surface area contributed by atoms with Crippen molar-refractivity contribution in [3.63, 3.8) is 0 Å². The first kappa shape index (κ1) is 22.7. The smallest absolute Gasteiger partial charge is 0.234 e. The minimum Gasteiger partial charge on any atom is -0.492 e. The molecule has 0 unspecified atom stereocenters. The second-order valence-corrected chi connectivity index (χ2v) is 8.31. The number of hydrogen-bond acceptors (Lipinski definition) is 8. The SMILES string of the molecule is CCOc1cc2c(cc1NC(=O)CSc1nnc(COc3ccc(F)cc3)n1N)O[C@H](C)C2. The van der Waals surface area contributed by atoms with Crippen molar-refractivity contribution in [1.29, 1.82) is 0 Å². The Balaban J connectivity index is 1.35. The maximum Gasteiger partial charge on any atom is 0.234 e. The summed E-state index contributed by atoms with van der Waals surface area (Å²) in [7, 11) is 0. The van der Waals surface area contributed by atoms with Crippen molar-refractivity contribution >= 4 is 23.4 Å². The lowest BCUT2D eigenvalue weighted by Crippen LogP contribution is -2.18. The second kappa shape index (κ2) is 9.99. The molecule has 0 radical (unpaired) electrons. The first-order valence-electron chi connectivity index (χ1n) is 10.4. The first-order chi connectivity index (χ1) is 15.9. The van der Waals surface area contributed by atoms with E-state index in [1.807, 2.05) is 19.9 Å². The van der Waals surface area contributed by atoms with Crippen molar-refractivity contribution in [2.24, 2.45) is 0 Å². The predicted octanol–water partition coefficient (Wildman–Crippen LogP) is 3.16. The van der Waals surface area contributed by atoms with Gasteiger partial charge in [0.15, 0.2) is 5.82 Å². The number of amides is 1. The topological polar surface area (TPSA) is 114 Å². The molecule has 0 saturated heterocycles. The number of ether oxygens (including phenoxy) is 3. The predicted molar refractivity (Wildman–Crippen MR) is 122 cm³/mol. The van der Waals surface area contributed by atoms with Crippen LogP contribution >= 0.6 is 11.8 Å². The van der Waals surface area contributed by atoms with Crippen LogP contribution < -0.4 is 25.4 Å². The lowest BCUT2D eigenvalue weighted by atomic mass is 10.1. The molecule has 0 aliphatic carbocycles. The van der Waals surface area contributed by atoms with Crippen molar-refractivity contribution in [1.82, 2.24) is 14.9 Å². The van der Waals surface area contributed by atoms with Gasteiger partial charge in [-0.05, 0) is 44.2 Å². The van der Waals surface area contributed by atoms with Crippen LogP contribution in [0.2, 0.25) is 0 Å². The maximum atomic E-state index is 13.0. The lowest BCUT2D eigenvalue weighted by Gasteiger charge is -2.13. The van der Waals surface area contributed by atoms with Crippen LogP contribution in [0.3, 0.4) is 0 Å². The molecule has 33 heavy (non-hydrogen) atoms. The zero-order valence-corrected chi connectivity index (χ0v) is 19.0. The third-order valence-corrected chi connectivity index (χ3v) is 5.76. The van der Waals surface area contributed by atoms with Crippen molar-refractivity contribution in [3.8, 4) is 17.2 Å². The minimum absolute atomic E-state index is 0.0488. The number of benzene rings is 2. The highest BCUT2D eigenvalue weighted by Gasteiger charge is 2.23. The van der Waals surface area contributed by atoms with Gasteiger partial charge >= 0.3 is 0 Å². The number of aromatic nitrogens is 3. The van der Waals surface area contributed by atoms with E-state index >= 15 is 0 Å². The number of hydrogen-bond donors (Lipinski definition) is 2. The van der Waals surface area contributed by atoms with E-state index in [-0.39, 0.29) is 30.2 Å². The van der Waals surface area contributed by atoms with Gasteiger partial charge in [-0.2, -0.15) is 0 Å². The Hall–Kier alpha value is -3.47. The van der Waals surface area contributed by atoms with Crippen molar-refractivity contribution < 1.29 is 23.4 Å². The van der Waals surface area contributed by atoms with Gasteiger partial charge in [-0.3, -0.25) is 4.79 Å². The lowest BCUT2D eigenvalue weighted by molar-refractivity contribution is -0.113. The summed E-state index contributed by atoms with van der Waals surface area (Å²) >= 11 is 1.14. The van der Waals surface area contributed by atoms with Crippen LogP contribution in [0.15, 0.2) is 41.6 Å². The molecule has 0 fully saturated rings. The van der Waals surface area contributed by atoms with Crippen LogP contribution in [-0.4, -0.2) is 39.2 Å². The number of nitrogens with two attached hydrogens (primary N) is 1. The number of nitrogen functional groups attached to an aromatic ring is 1. The second-order valence-electron chi connectivity index (χ2n) is 7.37. The summed E-state index contributed by atoms with van der Waals surface area (Å²) in [5, 5.41) is 11.2. The molecule has 3 aromatic rings. The van der Waals surface area contributed by atoms with E-state index in [0.717, 1.165) is 29.5 Å². The van der Waals surface area contributed by atoms with Crippen LogP contribution in [0.1, 0.15) is 25.2 Å². The quantitative estimate of drug-likeness (QED) is 0.360. The van der Waals surface area contributed by atoms with Gasteiger partial charge in [0, 0.05) is 18.1 Å². The first-order valence-corrected chi connectivity index (χ1v) is 11.4. The Morgan fingerprint density at radius 3 is 2.85 bits per heavy atom. The van der Waals surface area contributed by atoms with E-state index in [1.54, 1.807) is 6.07 Å². The zero-order valence-electron chi connectivity index (χ0n) is 18.2. The summed E-state index contributed by atoms with van der Waals surface area (Å²) in [6.07, 6.45) is 0.895. The molecule has 1 atom stereocenters. The Morgan fingerprint density at radius 2 is 2.09 bits per heavy atom. The molecule has 4 rings (SSSR count). The number of rotatable bonds is 9. The summed E-state index contributed by atoms with van der Waals surface area (Å²) in [4.78, 5) is 12.6. The number of thioether (sulfide) groups is 1. The van der Waals surface area contributed by atoms with Gasteiger partial charge in [0.25, 0.3) is 0 Å². The molecular weight excluding hydrogens is 449 g/mol. The average molecular weight is 474 g/mol. The average Bonchev–Trinajstić information content (AvgIpc) is 3.33. The molecule has 174 valence electrons. The largest absolute Gasteiger partial charge is 0.492 e. The molecule has 1 aromatic heterocycles. The van der Waals surface area contributed by atoms with Gasteiger partial charge in [-0.25, -0.2) is 9.07 Å². The fourth-order valence-corrected chi connectivity index (χ4v) is 3.99. The van der Waals surface area contributed by atoms with E-state index in [1.165, 1.54) is 28.9 Å². The summed E-state index contributed by atoms with van der Waals surface area (Å²) in [6.45, 7) is 4.41. The monoisotopic (exact) mass is 473 g/mol. The van der Waals surface area contributed by atoms with Gasteiger partial charge in [0.05, 0.1) is 18.0 Å². The van der Waals surface area contributed by atoms with E-state index in [2.05, 4.69) is 15.5 Å². The molecule has 1 amide bonds. The van der Waals surface area contributed by atoms with Crippen LogP contribution in [-0.2, 0) is 17.8 Å². The van der Waals surface area contributed by atoms with Gasteiger partial charge in [0.2, 0.25) is 11.1 Å². The maximum absolute atomic E-state index is 13.0. The van der Waals surface area contributed by atoms with Crippen molar-refractivity contribution in [2.45, 2.75) is 38.1 Å². The van der Waals surface area contributed by atoms with Crippen molar-refractivity contribution in [2.75, 3.05) is 23.5 Å². The number of halogens is 1. The minimum atomic E-state index is -0.350. The van der Waals surface area contributed by atoms with Crippen LogP contribution in [0.5, 0.6) is 17.2 Å². The number of fused-ring (bicyclic) bond motifs is 1. The molecular formula is C22H24FN5O4S. The highest BCUT2D eigenvalue weighted by Crippen LogP contribution is 2.38. The standard InChI is InChI=1S/C22H24FN5O4S/c1-3-30-19-9-14-8-13(2)32-18(14)10-17(19)25-21(29)12-33-22-27-26-20(28(22)24)11-31-16-6-4-15(23)5-7-16/h4-7,9-10,13H,3,8,11-12,24H2,1-2H3,(H,25,29)/t13-/m1/s1. The van der Waals surface area contributed by atoms with E-state index in [4.69, 9.17) is 20.1 Å². The summed E-state index contributed by atoms with van der Waals surface area (Å²) in [5.41, 5.74) is 1.61. The molecule has 2 aromatic carbocycles. The Bertz CT molecular complexity index is 1140. The zero-order chi connectivity index (χ0) is 23.4. The van der Waals surface area contributed by atoms with E-state index in [0.29, 0.717) is 34.8 Å². The Morgan fingerprint density at radius 1 is 1.30 bits per heavy atom. The van der Waals surface area contributed by atoms with Gasteiger partial charge in [-0.15, -0.1) is 10.2 Å². The third kappa shape index (κ3) is 5.48. The molecule has 11 heteroatoms.